The number of imidazole rings is 1. The number of nitrogens with zero attached hydrogens (tertiary/aromatic N) is 6. The van der Waals surface area contributed by atoms with E-state index in [0.29, 0.717) is 29.3 Å². The number of nitrogens with one attached hydrogen (secondary N) is 1. The highest BCUT2D eigenvalue weighted by atomic mass is 35.5. The molecule has 3 heterocycles. The molecule has 1 N–H and O–H groups in total. The first-order chi connectivity index (χ1) is 15.4. The van der Waals surface area contributed by atoms with Gasteiger partial charge >= 0.3 is 6.03 Å². The standard InChI is InChI=1S/C23H26ClN7O/c1-15(2)18-12-29(3)22(32)31(18)20-7-10-25-21(27-20)28-23(8-9-23)19-13-30(14-26-19)17-6-4-5-16(24)11-17/h4-7,10-11,13-15,18H,8-9,12H2,1-3H3,(H,25,27,28). The summed E-state index contributed by atoms with van der Waals surface area (Å²) >= 11 is 6.14. The summed E-state index contributed by atoms with van der Waals surface area (Å²) in [5, 5.41) is 4.16. The Balaban J connectivity index is 1.39. The molecule has 0 radical (unpaired) electrons. The molecule has 0 spiro atoms. The van der Waals surface area contributed by atoms with Crippen molar-refractivity contribution in [2.45, 2.75) is 38.3 Å². The molecule has 9 heteroatoms. The van der Waals surface area contributed by atoms with E-state index in [1.807, 2.05) is 42.1 Å². The van der Waals surface area contributed by atoms with E-state index in [4.69, 9.17) is 16.6 Å². The van der Waals surface area contributed by atoms with Gasteiger partial charge in [-0.25, -0.2) is 14.8 Å². The SMILES string of the molecule is CC(C)C1CN(C)C(=O)N1c1ccnc(NC2(c3cn(-c4cccc(Cl)c4)cn3)CC2)n1. The van der Waals surface area contributed by atoms with Crippen LogP contribution in [0.5, 0.6) is 0 Å². The summed E-state index contributed by atoms with van der Waals surface area (Å²) in [6, 6.07) is 9.51. The topological polar surface area (TPSA) is 79.2 Å². The lowest BCUT2D eigenvalue weighted by molar-refractivity contribution is 0.229. The molecule has 2 aliphatic rings. The average molecular weight is 452 g/mol. The molecule has 1 atom stereocenters. The molecule has 1 unspecified atom stereocenters. The van der Waals surface area contributed by atoms with Crippen LogP contribution in [-0.2, 0) is 5.54 Å². The monoisotopic (exact) mass is 451 g/mol. The lowest BCUT2D eigenvalue weighted by Crippen LogP contribution is -2.38. The van der Waals surface area contributed by atoms with E-state index in [1.54, 1.807) is 28.4 Å². The first kappa shape index (κ1) is 20.8. The molecule has 1 aliphatic heterocycles. The molecular formula is C23H26ClN7O. The van der Waals surface area contributed by atoms with Crippen molar-refractivity contribution in [3.05, 3.63) is 59.8 Å². The lowest BCUT2D eigenvalue weighted by Gasteiger charge is -2.25. The third kappa shape index (κ3) is 3.68. The second kappa shape index (κ2) is 7.78. The fourth-order valence-corrected chi connectivity index (χ4v) is 4.40. The molecule has 2 aromatic heterocycles. The maximum absolute atomic E-state index is 12.8. The van der Waals surface area contributed by atoms with Crippen molar-refractivity contribution in [3.8, 4) is 5.69 Å². The summed E-state index contributed by atoms with van der Waals surface area (Å²) in [5.41, 5.74) is 1.59. The Kier molecular flexibility index (Phi) is 5.04. The van der Waals surface area contributed by atoms with Crippen molar-refractivity contribution in [2.24, 2.45) is 5.92 Å². The molecule has 2 amide bonds. The van der Waals surface area contributed by atoms with Gasteiger partial charge in [0.2, 0.25) is 5.95 Å². The number of carbonyl (C=O) groups excluding carboxylic acids is 1. The van der Waals surface area contributed by atoms with E-state index in [0.717, 1.165) is 24.2 Å². The number of carbonyl (C=O) groups is 1. The van der Waals surface area contributed by atoms with Crippen LogP contribution in [0.4, 0.5) is 16.6 Å². The Labute approximate surface area is 192 Å². The van der Waals surface area contributed by atoms with E-state index in [2.05, 4.69) is 29.1 Å². The summed E-state index contributed by atoms with van der Waals surface area (Å²) in [4.78, 5) is 30.1. The minimum Gasteiger partial charge on any atom is -0.343 e. The van der Waals surface area contributed by atoms with Crippen LogP contribution in [-0.4, -0.2) is 50.1 Å². The Hall–Kier alpha value is -3.13. The molecule has 1 aromatic carbocycles. The van der Waals surface area contributed by atoms with Gasteiger partial charge in [-0.3, -0.25) is 4.90 Å². The molecule has 3 aromatic rings. The van der Waals surface area contributed by atoms with Gasteiger partial charge in [0.1, 0.15) is 5.82 Å². The van der Waals surface area contributed by atoms with E-state index in [-0.39, 0.29) is 17.6 Å². The van der Waals surface area contributed by atoms with Crippen LogP contribution in [0, 0.1) is 5.92 Å². The van der Waals surface area contributed by atoms with Gasteiger partial charge in [0.05, 0.1) is 23.6 Å². The summed E-state index contributed by atoms with van der Waals surface area (Å²) in [7, 11) is 1.83. The highest BCUT2D eigenvalue weighted by Gasteiger charge is 2.47. The smallest absolute Gasteiger partial charge is 0.325 e. The number of urea groups is 1. The second-order valence-electron chi connectivity index (χ2n) is 8.94. The molecule has 166 valence electrons. The van der Waals surface area contributed by atoms with Gasteiger partial charge in [-0.15, -0.1) is 0 Å². The summed E-state index contributed by atoms with van der Waals surface area (Å²) in [6.45, 7) is 4.94. The van der Waals surface area contributed by atoms with E-state index >= 15 is 0 Å². The van der Waals surface area contributed by atoms with Crippen molar-refractivity contribution in [2.75, 3.05) is 23.8 Å². The fraction of sp³-hybridized carbons (Fsp3) is 0.391. The molecule has 1 aliphatic carbocycles. The molecule has 32 heavy (non-hydrogen) atoms. The minimum atomic E-state index is -0.300. The number of rotatable bonds is 6. The molecule has 8 nitrogen and oxygen atoms in total. The lowest BCUT2D eigenvalue weighted by atomic mass is 10.0. The zero-order valence-electron chi connectivity index (χ0n) is 18.4. The highest BCUT2D eigenvalue weighted by molar-refractivity contribution is 6.30. The molecule has 2 fully saturated rings. The van der Waals surface area contributed by atoms with E-state index in [1.165, 1.54) is 0 Å². The average Bonchev–Trinajstić information content (AvgIpc) is 3.24. The van der Waals surface area contributed by atoms with Crippen LogP contribution < -0.4 is 10.2 Å². The quantitative estimate of drug-likeness (QED) is 0.604. The van der Waals surface area contributed by atoms with Crippen molar-refractivity contribution in [1.29, 1.82) is 0 Å². The Bertz CT molecular complexity index is 1160. The van der Waals surface area contributed by atoms with E-state index < -0.39 is 0 Å². The minimum absolute atomic E-state index is 0.0326. The molecule has 5 rings (SSSR count). The van der Waals surface area contributed by atoms with Gasteiger partial charge in [0.15, 0.2) is 0 Å². The second-order valence-corrected chi connectivity index (χ2v) is 9.37. The Morgan fingerprint density at radius 3 is 2.75 bits per heavy atom. The van der Waals surface area contributed by atoms with Gasteiger partial charge in [-0.2, -0.15) is 4.98 Å². The van der Waals surface area contributed by atoms with E-state index in [9.17, 15) is 4.79 Å². The van der Waals surface area contributed by atoms with Crippen molar-refractivity contribution >= 4 is 29.4 Å². The van der Waals surface area contributed by atoms with Crippen LogP contribution in [0.15, 0.2) is 49.1 Å². The maximum Gasteiger partial charge on any atom is 0.325 e. The summed E-state index contributed by atoms with van der Waals surface area (Å²) < 4.78 is 1.96. The van der Waals surface area contributed by atoms with Gasteiger partial charge < -0.3 is 14.8 Å². The largest absolute Gasteiger partial charge is 0.343 e. The Morgan fingerprint density at radius 1 is 1.22 bits per heavy atom. The fourth-order valence-electron chi connectivity index (χ4n) is 4.22. The number of amides is 2. The van der Waals surface area contributed by atoms with Crippen LogP contribution in [0.3, 0.4) is 0 Å². The maximum atomic E-state index is 12.8. The first-order valence-electron chi connectivity index (χ1n) is 10.8. The normalized spacial score (nSPS) is 19.7. The third-order valence-corrected chi connectivity index (χ3v) is 6.50. The van der Waals surface area contributed by atoms with Crippen molar-refractivity contribution in [3.63, 3.8) is 0 Å². The number of aromatic nitrogens is 4. The number of halogens is 1. The number of likely N-dealkylation sites (N-methyl/N-ethyl adjacent to an activating group) is 1. The number of anilines is 2. The van der Waals surface area contributed by atoms with Crippen molar-refractivity contribution < 1.29 is 4.79 Å². The Morgan fingerprint density at radius 2 is 2.03 bits per heavy atom. The van der Waals surface area contributed by atoms with Crippen LogP contribution in [0.25, 0.3) is 5.69 Å². The van der Waals surface area contributed by atoms with Gasteiger partial charge in [0.25, 0.3) is 0 Å². The molecule has 1 saturated heterocycles. The number of hydrogen-bond acceptors (Lipinski definition) is 5. The van der Waals surface area contributed by atoms with Crippen LogP contribution >= 0.6 is 11.6 Å². The van der Waals surface area contributed by atoms with Crippen LogP contribution in [0.2, 0.25) is 5.02 Å². The highest BCUT2D eigenvalue weighted by Crippen LogP contribution is 2.47. The number of hydrogen-bond donors (Lipinski definition) is 1. The zero-order chi connectivity index (χ0) is 22.5. The molecular weight excluding hydrogens is 426 g/mol. The predicted molar refractivity (Wildman–Crippen MR) is 124 cm³/mol. The van der Waals surface area contributed by atoms with Gasteiger partial charge in [0, 0.05) is 36.7 Å². The van der Waals surface area contributed by atoms with Crippen molar-refractivity contribution in [1.82, 2.24) is 24.4 Å². The molecule has 0 bridgehead atoms. The predicted octanol–water partition coefficient (Wildman–Crippen LogP) is 4.31. The molecule has 1 saturated carbocycles. The van der Waals surface area contributed by atoms with Crippen LogP contribution in [0.1, 0.15) is 32.4 Å². The third-order valence-electron chi connectivity index (χ3n) is 6.26. The first-order valence-corrected chi connectivity index (χ1v) is 11.2. The summed E-state index contributed by atoms with van der Waals surface area (Å²) in [5.74, 6) is 1.44. The van der Waals surface area contributed by atoms with Gasteiger partial charge in [-0.1, -0.05) is 31.5 Å². The zero-order valence-corrected chi connectivity index (χ0v) is 19.1. The number of benzene rings is 1. The summed E-state index contributed by atoms with van der Waals surface area (Å²) in [6.07, 6.45) is 7.39. The van der Waals surface area contributed by atoms with Gasteiger partial charge in [-0.05, 0) is 43.0 Å².